The second kappa shape index (κ2) is 8.04. The molecule has 0 fully saturated rings. The number of aromatic amines is 1. The van der Waals surface area contributed by atoms with Crippen molar-refractivity contribution in [2.75, 3.05) is 12.4 Å². The Hall–Kier alpha value is -2.84. The van der Waals surface area contributed by atoms with E-state index in [4.69, 9.17) is 16.3 Å². The summed E-state index contributed by atoms with van der Waals surface area (Å²) in [6.07, 6.45) is 0. The molecule has 2 aromatic carbocycles. The predicted octanol–water partition coefficient (Wildman–Crippen LogP) is 4.05. The SMILES string of the molecule is O=c1cc2nc(-c3cccc(F)c3)nc(SCCOc3ccccc3Cl)n2[nH]1. The van der Waals surface area contributed by atoms with E-state index in [-0.39, 0.29) is 11.4 Å². The van der Waals surface area contributed by atoms with Gasteiger partial charge in [0.25, 0.3) is 5.56 Å². The molecule has 4 aromatic rings. The Labute approximate surface area is 168 Å². The summed E-state index contributed by atoms with van der Waals surface area (Å²) < 4.78 is 20.7. The van der Waals surface area contributed by atoms with Crippen LogP contribution < -0.4 is 10.3 Å². The molecular formula is C19H14ClFN4O2S. The fourth-order valence-electron chi connectivity index (χ4n) is 2.58. The summed E-state index contributed by atoms with van der Waals surface area (Å²) in [5.74, 6) is 1.12. The van der Waals surface area contributed by atoms with E-state index in [0.29, 0.717) is 45.3 Å². The predicted molar refractivity (Wildman–Crippen MR) is 107 cm³/mol. The van der Waals surface area contributed by atoms with Crippen molar-refractivity contribution < 1.29 is 9.13 Å². The number of H-pyrrole nitrogens is 1. The van der Waals surface area contributed by atoms with Crippen LogP contribution in [0.4, 0.5) is 4.39 Å². The van der Waals surface area contributed by atoms with Crippen LogP contribution in [0.5, 0.6) is 5.75 Å². The molecule has 2 aromatic heterocycles. The maximum atomic E-state index is 13.6. The largest absolute Gasteiger partial charge is 0.491 e. The zero-order chi connectivity index (χ0) is 19.5. The van der Waals surface area contributed by atoms with Crippen molar-refractivity contribution in [2.24, 2.45) is 0 Å². The third kappa shape index (κ3) is 4.02. The molecule has 0 saturated carbocycles. The van der Waals surface area contributed by atoms with Crippen molar-refractivity contribution in [3.05, 3.63) is 75.8 Å². The molecule has 142 valence electrons. The van der Waals surface area contributed by atoms with E-state index in [1.165, 1.54) is 34.5 Å². The molecule has 0 aliphatic rings. The zero-order valence-corrected chi connectivity index (χ0v) is 16.0. The third-order valence-corrected chi connectivity index (χ3v) is 5.03. The van der Waals surface area contributed by atoms with Gasteiger partial charge in [-0.1, -0.05) is 47.6 Å². The number of nitrogens with zero attached hydrogens (tertiary/aromatic N) is 3. The van der Waals surface area contributed by atoms with E-state index < -0.39 is 0 Å². The maximum absolute atomic E-state index is 13.6. The lowest BCUT2D eigenvalue weighted by Crippen LogP contribution is -2.07. The molecule has 0 spiro atoms. The van der Waals surface area contributed by atoms with Crippen molar-refractivity contribution in [1.29, 1.82) is 0 Å². The number of ether oxygens (including phenoxy) is 1. The molecule has 1 N–H and O–H groups in total. The molecule has 2 heterocycles. The van der Waals surface area contributed by atoms with Gasteiger partial charge in [0.05, 0.1) is 11.6 Å². The van der Waals surface area contributed by atoms with E-state index in [2.05, 4.69) is 15.1 Å². The number of benzene rings is 2. The van der Waals surface area contributed by atoms with Gasteiger partial charge in [0.1, 0.15) is 11.6 Å². The number of rotatable bonds is 6. The van der Waals surface area contributed by atoms with Gasteiger partial charge in [-0.25, -0.2) is 18.9 Å². The second-order valence-electron chi connectivity index (χ2n) is 5.78. The summed E-state index contributed by atoms with van der Waals surface area (Å²) in [4.78, 5) is 20.6. The summed E-state index contributed by atoms with van der Waals surface area (Å²) in [5, 5.41) is 3.73. The highest BCUT2D eigenvalue weighted by Crippen LogP contribution is 2.25. The van der Waals surface area contributed by atoms with Crippen LogP contribution in [0.15, 0.2) is 64.5 Å². The van der Waals surface area contributed by atoms with Crippen LogP contribution in [0.25, 0.3) is 17.0 Å². The molecule has 0 aliphatic heterocycles. The molecule has 6 nitrogen and oxygen atoms in total. The van der Waals surface area contributed by atoms with Crippen LogP contribution in [-0.4, -0.2) is 31.9 Å². The molecule has 28 heavy (non-hydrogen) atoms. The van der Waals surface area contributed by atoms with Gasteiger partial charge in [0, 0.05) is 17.4 Å². The lowest BCUT2D eigenvalue weighted by atomic mass is 10.2. The van der Waals surface area contributed by atoms with E-state index in [1.807, 2.05) is 12.1 Å². The van der Waals surface area contributed by atoms with Crippen LogP contribution in [0, 0.1) is 5.82 Å². The Bertz CT molecular complexity index is 1190. The molecular weight excluding hydrogens is 403 g/mol. The highest BCUT2D eigenvalue weighted by Gasteiger charge is 2.12. The minimum atomic E-state index is -0.380. The number of thioether (sulfide) groups is 1. The minimum absolute atomic E-state index is 0.292. The van der Waals surface area contributed by atoms with Crippen molar-refractivity contribution in [1.82, 2.24) is 19.6 Å². The molecule has 0 atom stereocenters. The first kappa shape index (κ1) is 18.5. The zero-order valence-electron chi connectivity index (χ0n) is 14.4. The fraction of sp³-hybridized carbons (Fsp3) is 0.105. The first-order valence-corrected chi connectivity index (χ1v) is 9.72. The third-order valence-electron chi connectivity index (χ3n) is 3.82. The highest BCUT2D eigenvalue weighted by atomic mass is 35.5. The lowest BCUT2D eigenvalue weighted by Gasteiger charge is -2.09. The van der Waals surface area contributed by atoms with Crippen LogP contribution in [0.3, 0.4) is 0 Å². The topological polar surface area (TPSA) is 72.3 Å². The molecule has 0 amide bonds. The number of hydrogen-bond acceptors (Lipinski definition) is 5. The van der Waals surface area contributed by atoms with E-state index in [1.54, 1.807) is 24.3 Å². The molecule has 9 heteroatoms. The van der Waals surface area contributed by atoms with Gasteiger partial charge in [0.15, 0.2) is 16.6 Å². The summed E-state index contributed by atoms with van der Waals surface area (Å²) in [6, 6.07) is 14.6. The van der Waals surface area contributed by atoms with Gasteiger partial charge in [0.2, 0.25) is 0 Å². The van der Waals surface area contributed by atoms with Gasteiger partial charge in [-0.05, 0) is 24.3 Å². The fourth-order valence-corrected chi connectivity index (χ4v) is 3.54. The van der Waals surface area contributed by atoms with Crippen molar-refractivity contribution in [3.8, 4) is 17.1 Å². The smallest absolute Gasteiger partial charge is 0.266 e. The molecule has 0 saturated heterocycles. The Morgan fingerprint density at radius 2 is 2.00 bits per heavy atom. The first-order valence-electron chi connectivity index (χ1n) is 8.36. The van der Waals surface area contributed by atoms with Crippen molar-refractivity contribution in [2.45, 2.75) is 5.16 Å². The van der Waals surface area contributed by atoms with Gasteiger partial charge in [-0.3, -0.25) is 9.89 Å². The molecule has 0 unspecified atom stereocenters. The van der Waals surface area contributed by atoms with Gasteiger partial charge >= 0.3 is 0 Å². The second-order valence-corrected chi connectivity index (χ2v) is 7.25. The average Bonchev–Trinajstić information content (AvgIpc) is 3.06. The normalized spacial score (nSPS) is 11.1. The van der Waals surface area contributed by atoms with Crippen LogP contribution in [0.2, 0.25) is 5.02 Å². The average molecular weight is 417 g/mol. The molecule has 4 rings (SSSR count). The Balaban J connectivity index is 1.57. The van der Waals surface area contributed by atoms with Gasteiger partial charge in [-0.15, -0.1) is 0 Å². The first-order chi connectivity index (χ1) is 13.6. The Kier molecular flexibility index (Phi) is 5.31. The number of fused-ring (bicyclic) bond motifs is 1. The number of aromatic nitrogens is 4. The van der Waals surface area contributed by atoms with Crippen LogP contribution in [0.1, 0.15) is 0 Å². The van der Waals surface area contributed by atoms with E-state index in [0.717, 1.165) is 0 Å². The summed E-state index contributed by atoms with van der Waals surface area (Å²) in [7, 11) is 0. The monoisotopic (exact) mass is 416 g/mol. The minimum Gasteiger partial charge on any atom is -0.491 e. The molecule has 0 aliphatic carbocycles. The van der Waals surface area contributed by atoms with Crippen LogP contribution >= 0.6 is 23.4 Å². The molecule has 0 radical (unpaired) electrons. The quantitative estimate of drug-likeness (QED) is 0.379. The summed E-state index contributed by atoms with van der Waals surface area (Å²) in [6.45, 7) is 0.390. The number of para-hydroxylation sites is 1. The summed E-state index contributed by atoms with van der Waals surface area (Å²) in [5.41, 5.74) is 0.652. The van der Waals surface area contributed by atoms with Gasteiger partial charge in [-0.2, -0.15) is 0 Å². The van der Waals surface area contributed by atoms with E-state index >= 15 is 0 Å². The van der Waals surface area contributed by atoms with Crippen molar-refractivity contribution >= 4 is 29.0 Å². The van der Waals surface area contributed by atoms with Crippen molar-refractivity contribution in [3.63, 3.8) is 0 Å². The Morgan fingerprint density at radius 1 is 1.14 bits per heavy atom. The summed E-state index contributed by atoms with van der Waals surface area (Å²) >= 11 is 7.46. The highest BCUT2D eigenvalue weighted by molar-refractivity contribution is 7.99. The lowest BCUT2D eigenvalue weighted by molar-refractivity contribution is 0.344. The van der Waals surface area contributed by atoms with Gasteiger partial charge < -0.3 is 4.74 Å². The van der Waals surface area contributed by atoms with E-state index in [9.17, 15) is 9.18 Å². The molecule has 0 bridgehead atoms. The standard InChI is InChI=1S/C19H14ClFN4O2S/c20-14-6-1-2-7-15(14)27-8-9-28-19-23-18(12-4-3-5-13(21)10-12)22-16-11-17(26)24-25(16)19/h1-7,10-11H,8-9H2,(H,24,26). The van der Waals surface area contributed by atoms with Crippen LogP contribution in [-0.2, 0) is 0 Å². The number of nitrogens with one attached hydrogen (secondary N) is 1. The number of hydrogen-bond donors (Lipinski definition) is 1. The Morgan fingerprint density at radius 3 is 2.82 bits per heavy atom. The maximum Gasteiger partial charge on any atom is 0.266 e. The number of halogens is 2.